The third-order valence-electron chi connectivity index (χ3n) is 3.37. The normalized spacial score (nSPS) is 12.4. The summed E-state index contributed by atoms with van der Waals surface area (Å²) >= 11 is 12.2. The molecule has 1 N–H and O–H groups in total. The molecule has 0 bridgehead atoms. The van der Waals surface area contributed by atoms with E-state index in [4.69, 9.17) is 23.2 Å². The molecule has 0 heterocycles. The van der Waals surface area contributed by atoms with Crippen LogP contribution in [0.15, 0.2) is 42.5 Å². The quantitative estimate of drug-likeness (QED) is 0.796. The van der Waals surface area contributed by atoms with Gasteiger partial charge in [-0.25, -0.2) is 4.39 Å². The third kappa shape index (κ3) is 4.99. The average Bonchev–Trinajstić information content (AvgIpc) is 2.44. The highest BCUT2D eigenvalue weighted by Crippen LogP contribution is 2.23. The monoisotopic (exact) mass is 325 g/mol. The summed E-state index contributed by atoms with van der Waals surface area (Å²) in [5, 5.41) is 4.78. The summed E-state index contributed by atoms with van der Waals surface area (Å²) in [4.78, 5) is 0. The van der Waals surface area contributed by atoms with E-state index in [0.717, 1.165) is 30.5 Å². The van der Waals surface area contributed by atoms with Crippen molar-refractivity contribution >= 4 is 23.2 Å². The SMILES string of the molecule is CCNC(Cc1ccc(F)cc1)Cc1ccc(Cl)cc1Cl. The van der Waals surface area contributed by atoms with E-state index in [1.54, 1.807) is 6.07 Å². The second-order valence-corrected chi connectivity index (χ2v) is 5.87. The second kappa shape index (κ2) is 7.79. The average molecular weight is 326 g/mol. The van der Waals surface area contributed by atoms with Gasteiger partial charge in [0.05, 0.1) is 0 Å². The van der Waals surface area contributed by atoms with Crippen LogP contribution in [0.25, 0.3) is 0 Å². The van der Waals surface area contributed by atoms with Crippen molar-refractivity contribution < 1.29 is 4.39 Å². The fourth-order valence-corrected chi connectivity index (χ4v) is 2.85. The van der Waals surface area contributed by atoms with E-state index in [1.165, 1.54) is 12.1 Å². The standard InChI is InChI=1S/C17H18Cl2FN/c1-2-21-16(9-12-3-7-15(20)8-4-12)10-13-5-6-14(18)11-17(13)19/h3-8,11,16,21H,2,9-10H2,1H3. The largest absolute Gasteiger partial charge is 0.314 e. The van der Waals surface area contributed by atoms with E-state index in [1.807, 2.05) is 24.3 Å². The van der Waals surface area contributed by atoms with Crippen LogP contribution in [0.3, 0.4) is 0 Å². The number of benzene rings is 2. The number of halogens is 3. The Labute approximate surface area is 135 Å². The van der Waals surface area contributed by atoms with Crippen LogP contribution >= 0.6 is 23.2 Å². The first-order valence-electron chi connectivity index (χ1n) is 7.00. The minimum atomic E-state index is -0.209. The third-order valence-corrected chi connectivity index (χ3v) is 3.96. The van der Waals surface area contributed by atoms with Crippen molar-refractivity contribution in [2.75, 3.05) is 6.54 Å². The molecule has 0 saturated carbocycles. The van der Waals surface area contributed by atoms with Gasteiger partial charge < -0.3 is 5.32 Å². The highest BCUT2D eigenvalue weighted by atomic mass is 35.5. The molecule has 0 amide bonds. The number of rotatable bonds is 6. The summed E-state index contributed by atoms with van der Waals surface area (Å²) in [6.45, 7) is 2.94. The van der Waals surface area contributed by atoms with Crippen LogP contribution in [0.2, 0.25) is 10.0 Å². The first-order chi connectivity index (χ1) is 10.1. The van der Waals surface area contributed by atoms with Gasteiger partial charge in [0.2, 0.25) is 0 Å². The minimum absolute atomic E-state index is 0.209. The molecule has 0 aromatic heterocycles. The molecule has 0 spiro atoms. The fourth-order valence-electron chi connectivity index (χ4n) is 2.36. The van der Waals surface area contributed by atoms with Crippen LogP contribution in [0.5, 0.6) is 0 Å². The summed E-state index contributed by atoms with van der Waals surface area (Å²) in [5.74, 6) is -0.209. The van der Waals surface area contributed by atoms with E-state index in [9.17, 15) is 4.39 Å². The van der Waals surface area contributed by atoms with Crippen molar-refractivity contribution in [2.45, 2.75) is 25.8 Å². The van der Waals surface area contributed by atoms with Gasteiger partial charge in [0.25, 0.3) is 0 Å². The van der Waals surface area contributed by atoms with Crippen LogP contribution < -0.4 is 5.32 Å². The van der Waals surface area contributed by atoms with Gasteiger partial charge in [-0.3, -0.25) is 0 Å². The second-order valence-electron chi connectivity index (χ2n) is 5.03. The molecule has 4 heteroatoms. The molecule has 1 unspecified atom stereocenters. The Morgan fingerprint density at radius 2 is 1.76 bits per heavy atom. The molecule has 21 heavy (non-hydrogen) atoms. The molecule has 1 atom stereocenters. The smallest absolute Gasteiger partial charge is 0.123 e. The van der Waals surface area contributed by atoms with E-state index < -0.39 is 0 Å². The van der Waals surface area contributed by atoms with E-state index >= 15 is 0 Å². The van der Waals surface area contributed by atoms with Gasteiger partial charge in [0, 0.05) is 16.1 Å². The minimum Gasteiger partial charge on any atom is -0.314 e. The van der Waals surface area contributed by atoms with Gasteiger partial charge >= 0.3 is 0 Å². The summed E-state index contributed by atoms with van der Waals surface area (Å²) in [6.07, 6.45) is 1.63. The summed E-state index contributed by atoms with van der Waals surface area (Å²) < 4.78 is 13.0. The Morgan fingerprint density at radius 1 is 1.05 bits per heavy atom. The molecule has 2 aromatic carbocycles. The predicted octanol–water partition coefficient (Wildman–Crippen LogP) is 4.90. The first-order valence-corrected chi connectivity index (χ1v) is 7.76. The van der Waals surface area contributed by atoms with Crippen molar-refractivity contribution in [3.63, 3.8) is 0 Å². The maximum absolute atomic E-state index is 13.0. The maximum Gasteiger partial charge on any atom is 0.123 e. The molecular weight excluding hydrogens is 308 g/mol. The van der Waals surface area contributed by atoms with Gasteiger partial charge in [-0.15, -0.1) is 0 Å². The molecule has 0 aliphatic heterocycles. The number of likely N-dealkylation sites (N-methyl/N-ethyl adjacent to an activating group) is 1. The summed E-state index contributed by atoms with van der Waals surface area (Å²) in [6, 6.07) is 12.5. The molecule has 1 nitrogen and oxygen atoms in total. The highest BCUT2D eigenvalue weighted by molar-refractivity contribution is 6.35. The lowest BCUT2D eigenvalue weighted by molar-refractivity contribution is 0.521. The van der Waals surface area contributed by atoms with Crippen molar-refractivity contribution in [2.24, 2.45) is 0 Å². The zero-order valence-electron chi connectivity index (χ0n) is 11.9. The number of hydrogen-bond donors (Lipinski definition) is 1. The van der Waals surface area contributed by atoms with E-state index in [0.29, 0.717) is 10.0 Å². The lowest BCUT2D eigenvalue weighted by Crippen LogP contribution is -2.33. The van der Waals surface area contributed by atoms with Crippen molar-refractivity contribution in [1.82, 2.24) is 5.32 Å². The van der Waals surface area contributed by atoms with Crippen LogP contribution in [0, 0.1) is 5.82 Å². The molecule has 0 fully saturated rings. The molecule has 0 aliphatic carbocycles. The molecule has 112 valence electrons. The Kier molecular flexibility index (Phi) is 6.04. The van der Waals surface area contributed by atoms with E-state index in [2.05, 4.69) is 12.2 Å². The molecule has 2 aromatic rings. The van der Waals surface area contributed by atoms with Crippen molar-refractivity contribution in [3.8, 4) is 0 Å². The van der Waals surface area contributed by atoms with Gasteiger partial charge in [0.15, 0.2) is 0 Å². The van der Waals surface area contributed by atoms with E-state index in [-0.39, 0.29) is 11.9 Å². The molecule has 0 aliphatic rings. The molecular formula is C17H18Cl2FN. The molecule has 0 saturated heterocycles. The molecule has 0 radical (unpaired) electrons. The topological polar surface area (TPSA) is 12.0 Å². The van der Waals surface area contributed by atoms with Crippen LogP contribution in [-0.4, -0.2) is 12.6 Å². The predicted molar refractivity (Wildman–Crippen MR) is 87.7 cm³/mol. The zero-order valence-corrected chi connectivity index (χ0v) is 13.4. The summed E-state index contributed by atoms with van der Waals surface area (Å²) in [5.41, 5.74) is 2.17. The van der Waals surface area contributed by atoms with Crippen LogP contribution in [-0.2, 0) is 12.8 Å². The van der Waals surface area contributed by atoms with Crippen LogP contribution in [0.1, 0.15) is 18.1 Å². The number of hydrogen-bond acceptors (Lipinski definition) is 1. The summed E-state index contributed by atoms with van der Waals surface area (Å²) in [7, 11) is 0. The van der Waals surface area contributed by atoms with Crippen molar-refractivity contribution in [1.29, 1.82) is 0 Å². The number of nitrogens with one attached hydrogen (secondary N) is 1. The Balaban J connectivity index is 2.09. The molecule has 2 rings (SSSR count). The Hall–Kier alpha value is -1.09. The Bertz CT molecular complexity index is 584. The fraction of sp³-hybridized carbons (Fsp3) is 0.294. The van der Waals surface area contributed by atoms with Crippen molar-refractivity contribution in [3.05, 3.63) is 69.5 Å². The van der Waals surface area contributed by atoms with Gasteiger partial charge in [-0.05, 0) is 54.8 Å². The first kappa shape index (κ1) is 16.3. The lowest BCUT2D eigenvalue weighted by atomic mass is 9.99. The Morgan fingerprint density at radius 3 is 2.38 bits per heavy atom. The lowest BCUT2D eigenvalue weighted by Gasteiger charge is -2.19. The highest BCUT2D eigenvalue weighted by Gasteiger charge is 2.12. The van der Waals surface area contributed by atoms with Crippen LogP contribution in [0.4, 0.5) is 4.39 Å². The van der Waals surface area contributed by atoms with Gasteiger partial charge in [-0.1, -0.05) is 48.3 Å². The van der Waals surface area contributed by atoms with Gasteiger partial charge in [0.1, 0.15) is 5.82 Å². The van der Waals surface area contributed by atoms with Gasteiger partial charge in [-0.2, -0.15) is 0 Å². The maximum atomic E-state index is 13.0. The zero-order chi connectivity index (χ0) is 15.2.